The molecule has 1 heterocycles. The van der Waals surface area contributed by atoms with Gasteiger partial charge in [0.25, 0.3) is 0 Å². The number of halogens is 2. The van der Waals surface area contributed by atoms with Gasteiger partial charge < -0.3 is 5.73 Å². The topological polar surface area (TPSA) is 67.6 Å². The Hall–Kier alpha value is -1.27. The third-order valence-corrected chi connectivity index (χ3v) is 3.01. The van der Waals surface area contributed by atoms with Gasteiger partial charge in [0.2, 0.25) is 0 Å². The van der Waals surface area contributed by atoms with Gasteiger partial charge in [0.05, 0.1) is 17.9 Å². The highest BCUT2D eigenvalue weighted by Crippen LogP contribution is 2.22. The van der Waals surface area contributed by atoms with Gasteiger partial charge in [0.15, 0.2) is 0 Å². The van der Waals surface area contributed by atoms with Crippen LogP contribution >= 0.6 is 15.9 Å². The lowest BCUT2D eigenvalue weighted by Crippen LogP contribution is -2.14. The van der Waals surface area contributed by atoms with Crippen LogP contribution in [-0.2, 0) is 6.42 Å². The van der Waals surface area contributed by atoms with E-state index >= 15 is 0 Å². The van der Waals surface area contributed by atoms with Gasteiger partial charge in [-0.3, -0.25) is 0 Å². The van der Waals surface area contributed by atoms with Crippen molar-refractivity contribution in [3.05, 3.63) is 45.9 Å². The van der Waals surface area contributed by atoms with Crippen LogP contribution in [0.2, 0.25) is 0 Å². The number of hydrogen-bond acceptors (Lipinski definition) is 3. The van der Waals surface area contributed by atoms with Crippen LogP contribution in [0.1, 0.15) is 17.3 Å². The van der Waals surface area contributed by atoms with Crippen molar-refractivity contribution in [2.75, 3.05) is 0 Å². The maximum atomic E-state index is 12.9. The Bertz CT molecular complexity index is 472. The summed E-state index contributed by atoms with van der Waals surface area (Å²) in [6.45, 7) is 0. The van der Waals surface area contributed by atoms with Crippen LogP contribution in [0.15, 0.2) is 28.9 Å². The second-order valence-corrected chi connectivity index (χ2v) is 4.30. The van der Waals surface area contributed by atoms with E-state index in [0.717, 1.165) is 5.56 Å². The zero-order chi connectivity index (χ0) is 11.5. The first kappa shape index (κ1) is 11.2. The summed E-state index contributed by atoms with van der Waals surface area (Å²) in [5.74, 6) is -0.273. The van der Waals surface area contributed by atoms with Gasteiger partial charge in [-0.05, 0) is 24.1 Å². The third kappa shape index (κ3) is 2.45. The predicted octanol–water partition coefficient (Wildman–Crippen LogP) is 1.95. The summed E-state index contributed by atoms with van der Waals surface area (Å²) in [7, 11) is 0. The number of nitrogens with one attached hydrogen (secondary N) is 1. The van der Waals surface area contributed by atoms with Gasteiger partial charge in [-0.15, -0.1) is 0 Å². The summed E-state index contributed by atoms with van der Waals surface area (Å²) in [6.07, 6.45) is 2.16. The number of nitrogens with zero attached hydrogens (tertiary/aromatic N) is 2. The molecular weight excluding hydrogens is 275 g/mol. The Morgan fingerprint density at radius 3 is 2.94 bits per heavy atom. The van der Waals surface area contributed by atoms with Crippen LogP contribution in [0.3, 0.4) is 0 Å². The molecule has 1 unspecified atom stereocenters. The molecular formula is C10H10BrFN4. The minimum Gasteiger partial charge on any atom is -0.322 e. The zero-order valence-corrected chi connectivity index (χ0v) is 9.91. The standard InChI is InChI=1S/C10H10BrFN4/c11-8-4-7(12)2-1-6(8)3-9(13)10-5-14-16-15-10/h1-2,4-5,9H,3,13H2,(H,14,15,16). The minimum absolute atomic E-state index is 0.250. The average molecular weight is 285 g/mol. The van der Waals surface area contributed by atoms with E-state index in [9.17, 15) is 4.39 Å². The number of aromatic nitrogens is 3. The highest BCUT2D eigenvalue weighted by molar-refractivity contribution is 9.10. The fourth-order valence-electron chi connectivity index (χ4n) is 1.42. The van der Waals surface area contributed by atoms with Gasteiger partial charge in [-0.1, -0.05) is 22.0 Å². The van der Waals surface area contributed by atoms with Crippen LogP contribution in [0, 0.1) is 5.82 Å². The lowest BCUT2D eigenvalue weighted by atomic mass is 10.0. The monoisotopic (exact) mass is 284 g/mol. The van der Waals surface area contributed by atoms with Crippen LogP contribution in [0.4, 0.5) is 4.39 Å². The Labute approximate surface area is 100 Å². The summed E-state index contributed by atoms with van der Waals surface area (Å²) >= 11 is 3.30. The molecule has 6 heteroatoms. The van der Waals surface area contributed by atoms with Crippen molar-refractivity contribution >= 4 is 15.9 Å². The van der Waals surface area contributed by atoms with Crippen molar-refractivity contribution in [1.29, 1.82) is 0 Å². The predicted molar refractivity (Wildman–Crippen MR) is 61.1 cm³/mol. The number of benzene rings is 1. The lowest BCUT2D eigenvalue weighted by molar-refractivity contribution is 0.623. The molecule has 2 aromatic rings. The number of aromatic amines is 1. The third-order valence-electron chi connectivity index (χ3n) is 2.27. The summed E-state index contributed by atoms with van der Waals surface area (Å²) in [5.41, 5.74) is 7.57. The molecule has 0 saturated heterocycles. The number of nitrogens with two attached hydrogens (primary N) is 1. The first-order valence-electron chi connectivity index (χ1n) is 4.72. The minimum atomic E-state index is -0.273. The van der Waals surface area contributed by atoms with Crippen LogP contribution < -0.4 is 5.73 Å². The van der Waals surface area contributed by atoms with Gasteiger partial charge in [-0.25, -0.2) is 4.39 Å². The van der Waals surface area contributed by atoms with Crippen molar-refractivity contribution in [2.24, 2.45) is 5.73 Å². The molecule has 0 aliphatic heterocycles. The van der Waals surface area contributed by atoms with E-state index in [-0.39, 0.29) is 11.9 Å². The molecule has 0 bridgehead atoms. The van der Waals surface area contributed by atoms with Crippen molar-refractivity contribution in [3.63, 3.8) is 0 Å². The van der Waals surface area contributed by atoms with Crippen LogP contribution in [-0.4, -0.2) is 15.4 Å². The van der Waals surface area contributed by atoms with Crippen molar-refractivity contribution in [1.82, 2.24) is 15.4 Å². The van der Waals surface area contributed by atoms with Crippen molar-refractivity contribution in [2.45, 2.75) is 12.5 Å². The molecule has 0 saturated carbocycles. The highest BCUT2D eigenvalue weighted by atomic mass is 79.9. The smallest absolute Gasteiger partial charge is 0.124 e. The lowest BCUT2D eigenvalue weighted by Gasteiger charge is -2.09. The van der Waals surface area contributed by atoms with Crippen LogP contribution in [0.5, 0.6) is 0 Å². The molecule has 1 aromatic carbocycles. The molecule has 2 rings (SSSR count). The maximum absolute atomic E-state index is 12.9. The molecule has 0 fully saturated rings. The van der Waals surface area contributed by atoms with Gasteiger partial charge in [0.1, 0.15) is 5.82 Å². The Morgan fingerprint density at radius 1 is 1.50 bits per heavy atom. The quantitative estimate of drug-likeness (QED) is 0.905. The Morgan fingerprint density at radius 2 is 2.31 bits per heavy atom. The summed E-state index contributed by atoms with van der Waals surface area (Å²) in [6, 6.07) is 4.29. The van der Waals surface area contributed by atoms with Crippen molar-refractivity contribution < 1.29 is 4.39 Å². The normalized spacial score (nSPS) is 12.7. The second-order valence-electron chi connectivity index (χ2n) is 3.44. The van der Waals surface area contributed by atoms with E-state index < -0.39 is 0 Å². The zero-order valence-electron chi connectivity index (χ0n) is 8.32. The number of hydrogen-bond donors (Lipinski definition) is 2. The van der Waals surface area contributed by atoms with Gasteiger partial charge in [-0.2, -0.15) is 15.4 Å². The molecule has 3 N–H and O–H groups in total. The Balaban J connectivity index is 2.15. The van der Waals surface area contributed by atoms with E-state index in [1.165, 1.54) is 12.1 Å². The number of rotatable bonds is 3. The molecule has 84 valence electrons. The van der Waals surface area contributed by atoms with Gasteiger partial charge >= 0.3 is 0 Å². The van der Waals surface area contributed by atoms with Crippen LogP contribution in [0.25, 0.3) is 0 Å². The Kier molecular flexibility index (Phi) is 3.31. The fraction of sp³-hybridized carbons (Fsp3) is 0.200. The first-order chi connectivity index (χ1) is 7.66. The molecule has 0 aliphatic carbocycles. The maximum Gasteiger partial charge on any atom is 0.124 e. The summed E-state index contributed by atoms with van der Waals surface area (Å²) in [4.78, 5) is 0. The number of H-pyrrole nitrogens is 1. The molecule has 4 nitrogen and oxygen atoms in total. The molecule has 0 aliphatic rings. The van der Waals surface area contributed by atoms with E-state index in [0.29, 0.717) is 16.6 Å². The molecule has 0 spiro atoms. The molecule has 1 aromatic heterocycles. The first-order valence-corrected chi connectivity index (χ1v) is 5.51. The highest BCUT2D eigenvalue weighted by Gasteiger charge is 2.12. The SMILES string of the molecule is NC(Cc1ccc(F)cc1Br)c1cn[nH]n1. The molecule has 1 atom stereocenters. The molecule has 16 heavy (non-hydrogen) atoms. The average Bonchev–Trinajstić information content (AvgIpc) is 2.75. The van der Waals surface area contributed by atoms with E-state index in [2.05, 4.69) is 31.3 Å². The van der Waals surface area contributed by atoms with E-state index in [4.69, 9.17) is 5.73 Å². The van der Waals surface area contributed by atoms with Crippen molar-refractivity contribution in [3.8, 4) is 0 Å². The summed E-state index contributed by atoms with van der Waals surface area (Å²) < 4.78 is 13.6. The molecule has 0 amide bonds. The summed E-state index contributed by atoms with van der Waals surface area (Å²) in [5, 5.41) is 10.1. The largest absolute Gasteiger partial charge is 0.322 e. The fourth-order valence-corrected chi connectivity index (χ4v) is 1.93. The molecule has 0 radical (unpaired) electrons. The van der Waals surface area contributed by atoms with E-state index in [1.54, 1.807) is 12.3 Å². The van der Waals surface area contributed by atoms with Gasteiger partial charge in [0, 0.05) is 4.47 Å². The second kappa shape index (κ2) is 4.71. The van der Waals surface area contributed by atoms with E-state index in [1.807, 2.05) is 0 Å².